The number of rotatable bonds is 5. The topological polar surface area (TPSA) is 103 Å². The number of phenols is 3. The highest BCUT2D eigenvalue weighted by molar-refractivity contribution is 9.10. The molecule has 0 atom stereocenters. The first-order chi connectivity index (χ1) is 12.4. The lowest BCUT2D eigenvalue weighted by Gasteiger charge is -2.03. The van der Waals surface area contributed by atoms with Gasteiger partial charge in [0.05, 0.1) is 6.21 Å². The highest BCUT2D eigenvalue weighted by Gasteiger charge is 2.13. The summed E-state index contributed by atoms with van der Waals surface area (Å²) in [5.74, 6) is -1.05. The third-order valence-corrected chi connectivity index (χ3v) is 4.13. The summed E-state index contributed by atoms with van der Waals surface area (Å²) >= 11 is 3.37. The molecule has 0 aliphatic rings. The van der Waals surface area contributed by atoms with Crippen LogP contribution in [-0.2, 0) is 0 Å². The summed E-state index contributed by atoms with van der Waals surface area (Å²) in [7, 11) is 0. The van der Waals surface area contributed by atoms with Crippen molar-refractivity contribution in [2.24, 2.45) is 4.99 Å². The first-order valence-electron chi connectivity index (χ1n) is 7.58. The minimum atomic E-state index is -0.666. The molecule has 2 aromatic carbocycles. The molecule has 0 bridgehead atoms. The van der Waals surface area contributed by atoms with Gasteiger partial charge in [-0.3, -0.25) is 9.79 Å². The van der Waals surface area contributed by atoms with Crippen molar-refractivity contribution < 1.29 is 24.5 Å². The average molecular weight is 416 g/mol. The Morgan fingerprint density at radius 3 is 2.35 bits per heavy atom. The van der Waals surface area contributed by atoms with Crippen LogP contribution in [0.3, 0.4) is 0 Å². The van der Waals surface area contributed by atoms with E-state index >= 15 is 0 Å². The molecule has 7 heteroatoms. The molecule has 0 saturated heterocycles. The number of benzene rings is 2. The molecule has 6 nitrogen and oxygen atoms in total. The molecule has 0 radical (unpaired) electrons. The Kier molecular flexibility index (Phi) is 5.09. The van der Waals surface area contributed by atoms with Crippen LogP contribution in [0.4, 0.5) is 0 Å². The number of carbonyl (C=O) groups is 1. The molecule has 0 fully saturated rings. The summed E-state index contributed by atoms with van der Waals surface area (Å²) in [5.41, 5.74) is 0.962. The van der Waals surface area contributed by atoms with Crippen molar-refractivity contribution in [2.45, 2.75) is 0 Å². The fraction of sp³-hybridized carbons (Fsp3) is 0.0526. The highest BCUT2D eigenvalue weighted by atomic mass is 79.9. The number of ketones is 1. The van der Waals surface area contributed by atoms with Crippen LogP contribution in [0.5, 0.6) is 17.2 Å². The molecule has 1 heterocycles. The normalized spacial score (nSPS) is 11.1. The second-order valence-electron chi connectivity index (χ2n) is 5.46. The maximum Gasteiger partial charge on any atom is 0.200 e. The van der Waals surface area contributed by atoms with E-state index in [2.05, 4.69) is 20.9 Å². The number of nitrogens with zero attached hydrogens (tertiary/aromatic N) is 1. The van der Waals surface area contributed by atoms with Crippen molar-refractivity contribution in [3.8, 4) is 28.6 Å². The Morgan fingerprint density at radius 1 is 1.04 bits per heavy atom. The molecule has 3 aromatic rings. The van der Waals surface area contributed by atoms with Gasteiger partial charge in [0.15, 0.2) is 23.0 Å². The Bertz CT molecular complexity index is 953. The van der Waals surface area contributed by atoms with Crippen LogP contribution >= 0.6 is 15.9 Å². The van der Waals surface area contributed by atoms with Gasteiger partial charge in [-0.1, -0.05) is 28.1 Å². The quantitative estimate of drug-likeness (QED) is 0.330. The molecule has 3 N–H and O–H groups in total. The number of halogens is 1. The number of furan rings is 1. The van der Waals surface area contributed by atoms with Crippen molar-refractivity contribution in [3.63, 3.8) is 0 Å². The van der Waals surface area contributed by atoms with E-state index in [1.54, 1.807) is 6.07 Å². The van der Waals surface area contributed by atoms with Gasteiger partial charge < -0.3 is 19.7 Å². The molecule has 3 rings (SSSR count). The van der Waals surface area contributed by atoms with Gasteiger partial charge in [-0.05, 0) is 36.4 Å². The number of aliphatic imine (C=N–C) groups is 1. The minimum Gasteiger partial charge on any atom is -0.504 e. The molecule has 0 spiro atoms. The molecule has 0 saturated carbocycles. The monoisotopic (exact) mass is 415 g/mol. The summed E-state index contributed by atoms with van der Waals surface area (Å²) in [5, 5.41) is 28.2. The van der Waals surface area contributed by atoms with Gasteiger partial charge in [-0.25, -0.2) is 0 Å². The predicted octanol–water partition coefficient (Wildman–Crippen LogP) is 4.13. The standard InChI is InChI=1S/C19H14BrNO5/c20-13-3-1-11(2-4-13)18-6-5-14(26-18)9-21-10-17(24)12-7-15(22)19(25)16(23)8-12/h1-9,22-23,25H,10H2. The lowest BCUT2D eigenvalue weighted by atomic mass is 10.1. The number of carbonyl (C=O) groups excluding carboxylic acids is 1. The van der Waals surface area contributed by atoms with Crippen LogP contribution in [0.1, 0.15) is 16.1 Å². The summed E-state index contributed by atoms with van der Waals surface area (Å²) in [6.07, 6.45) is 1.43. The second kappa shape index (κ2) is 7.45. The first-order valence-corrected chi connectivity index (χ1v) is 8.37. The van der Waals surface area contributed by atoms with E-state index in [0.29, 0.717) is 11.5 Å². The van der Waals surface area contributed by atoms with Crippen LogP contribution in [0.15, 0.2) is 62.4 Å². The molecule has 0 amide bonds. The molecule has 0 unspecified atom stereocenters. The number of Topliss-reactive ketones (excluding diaryl/α,β-unsaturated/α-hetero) is 1. The number of aromatic hydroxyl groups is 3. The van der Waals surface area contributed by atoms with E-state index in [9.17, 15) is 20.1 Å². The van der Waals surface area contributed by atoms with Gasteiger partial charge in [0.25, 0.3) is 0 Å². The summed E-state index contributed by atoms with van der Waals surface area (Å²) in [4.78, 5) is 16.1. The smallest absolute Gasteiger partial charge is 0.200 e. The Morgan fingerprint density at radius 2 is 1.69 bits per heavy atom. The number of hydrogen-bond acceptors (Lipinski definition) is 6. The highest BCUT2D eigenvalue weighted by Crippen LogP contribution is 2.35. The lowest BCUT2D eigenvalue weighted by molar-refractivity contribution is 0.100. The van der Waals surface area contributed by atoms with Gasteiger partial charge in [0.1, 0.15) is 18.1 Å². The van der Waals surface area contributed by atoms with E-state index in [0.717, 1.165) is 22.2 Å². The van der Waals surface area contributed by atoms with E-state index in [1.807, 2.05) is 30.3 Å². The van der Waals surface area contributed by atoms with Gasteiger partial charge in [-0.2, -0.15) is 0 Å². The predicted molar refractivity (Wildman–Crippen MR) is 100 cm³/mol. The fourth-order valence-electron chi connectivity index (χ4n) is 2.27. The third kappa shape index (κ3) is 3.94. The van der Waals surface area contributed by atoms with Gasteiger partial charge in [-0.15, -0.1) is 0 Å². The van der Waals surface area contributed by atoms with Crippen LogP contribution < -0.4 is 0 Å². The van der Waals surface area contributed by atoms with Crippen LogP contribution in [0.25, 0.3) is 11.3 Å². The second-order valence-corrected chi connectivity index (χ2v) is 6.38. The Balaban J connectivity index is 1.67. The fourth-order valence-corrected chi connectivity index (χ4v) is 2.53. The van der Waals surface area contributed by atoms with E-state index in [1.165, 1.54) is 6.21 Å². The summed E-state index contributed by atoms with van der Waals surface area (Å²) < 4.78 is 6.63. The molecule has 0 aliphatic carbocycles. The molecule has 1 aromatic heterocycles. The van der Waals surface area contributed by atoms with Gasteiger partial charge in [0, 0.05) is 15.6 Å². The zero-order valence-electron chi connectivity index (χ0n) is 13.4. The van der Waals surface area contributed by atoms with Crippen LogP contribution in [0.2, 0.25) is 0 Å². The third-order valence-electron chi connectivity index (χ3n) is 3.60. The first kappa shape index (κ1) is 17.8. The molecular formula is C19H14BrNO5. The SMILES string of the molecule is O=C(CN=Cc1ccc(-c2ccc(Br)cc2)o1)c1cc(O)c(O)c(O)c1. The van der Waals surface area contributed by atoms with Crippen molar-refractivity contribution in [2.75, 3.05) is 6.54 Å². The zero-order chi connectivity index (χ0) is 18.7. The van der Waals surface area contributed by atoms with Gasteiger partial charge >= 0.3 is 0 Å². The molecule has 26 heavy (non-hydrogen) atoms. The maximum atomic E-state index is 12.1. The van der Waals surface area contributed by atoms with Crippen molar-refractivity contribution in [1.29, 1.82) is 0 Å². The molecule has 0 aliphatic heterocycles. The van der Waals surface area contributed by atoms with Gasteiger partial charge in [0.2, 0.25) is 0 Å². The maximum absolute atomic E-state index is 12.1. The van der Waals surface area contributed by atoms with E-state index in [4.69, 9.17) is 4.42 Å². The Labute approximate surface area is 157 Å². The summed E-state index contributed by atoms with van der Waals surface area (Å²) in [6, 6.07) is 13.3. The Hall–Kier alpha value is -3.06. The lowest BCUT2D eigenvalue weighted by Crippen LogP contribution is -2.03. The van der Waals surface area contributed by atoms with Crippen molar-refractivity contribution >= 4 is 27.9 Å². The average Bonchev–Trinajstić information content (AvgIpc) is 3.08. The van der Waals surface area contributed by atoms with Crippen molar-refractivity contribution in [3.05, 3.63) is 64.3 Å². The van der Waals surface area contributed by atoms with Crippen molar-refractivity contribution in [1.82, 2.24) is 0 Å². The largest absolute Gasteiger partial charge is 0.504 e. The minimum absolute atomic E-state index is 0.0462. The molecular weight excluding hydrogens is 402 g/mol. The number of hydrogen-bond donors (Lipinski definition) is 3. The number of phenolic OH excluding ortho intramolecular Hbond substituents is 3. The van der Waals surface area contributed by atoms with E-state index in [-0.39, 0.29) is 12.1 Å². The van der Waals surface area contributed by atoms with E-state index < -0.39 is 23.0 Å². The van der Waals surface area contributed by atoms with Crippen LogP contribution in [0, 0.1) is 0 Å². The zero-order valence-corrected chi connectivity index (χ0v) is 15.0. The molecule has 132 valence electrons. The van der Waals surface area contributed by atoms with Crippen LogP contribution in [-0.4, -0.2) is 33.9 Å². The summed E-state index contributed by atoms with van der Waals surface area (Å²) in [6.45, 7) is -0.196.